The molecule has 1 amide bonds. The topological polar surface area (TPSA) is 60.5 Å². The summed E-state index contributed by atoms with van der Waals surface area (Å²) in [6, 6.07) is 21.0. The Morgan fingerprint density at radius 3 is 2.47 bits per heavy atom. The molecule has 1 N–H and O–H groups in total. The van der Waals surface area contributed by atoms with E-state index in [0.717, 1.165) is 44.8 Å². The number of hydrogen-bond donors (Lipinski definition) is 1. The molecule has 5 nitrogen and oxygen atoms in total. The van der Waals surface area contributed by atoms with Crippen LogP contribution in [0.3, 0.4) is 0 Å². The molecular weight excluding hydrogens is 400 g/mol. The quantitative estimate of drug-likeness (QED) is 0.400. The Balaban J connectivity index is 1.80. The molecule has 1 heterocycles. The lowest BCUT2D eigenvalue weighted by Gasteiger charge is -2.14. The van der Waals surface area contributed by atoms with Gasteiger partial charge in [0, 0.05) is 16.6 Å². The molecule has 0 aliphatic carbocycles. The molecule has 0 radical (unpaired) electrons. The second kappa shape index (κ2) is 9.10. The number of aryl methyl sites for hydroxylation is 2. The Morgan fingerprint density at radius 2 is 1.75 bits per heavy atom. The summed E-state index contributed by atoms with van der Waals surface area (Å²) in [5, 5.41) is 3.84. The Morgan fingerprint density at radius 1 is 0.969 bits per heavy atom. The number of carbonyl (C=O) groups excluding carboxylic acids is 1. The molecule has 0 fully saturated rings. The van der Waals surface area contributed by atoms with Gasteiger partial charge in [0.1, 0.15) is 11.5 Å². The molecule has 0 aliphatic rings. The van der Waals surface area contributed by atoms with E-state index in [2.05, 4.69) is 11.4 Å². The molecule has 0 atom stereocenters. The number of nitrogens with one attached hydrogen (secondary N) is 1. The van der Waals surface area contributed by atoms with E-state index in [1.54, 1.807) is 7.11 Å². The molecule has 162 valence electrons. The van der Waals surface area contributed by atoms with Crippen LogP contribution in [-0.4, -0.2) is 24.6 Å². The fourth-order valence-electron chi connectivity index (χ4n) is 3.80. The number of aromatic nitrogens is 1. The molecular formula is C27H26N2O3. The first-order valence-electron chi connectivity index (χ1n) is 10.6. The molecule has 4 aromatic rings. The maximum Gasteiger partial charge on any atom is 0.256 e. The highest BCUT2D eigenvalue weighted by atomic mass is 16.5. The maximum atomic E-state index is 13.4. The highest BCUT2D eigenvalue weighted by molar-refractivity contribution is 6.13. The lowest BCUT2D eigenvalue weighted by atomic mass is 9.99. The zero-order chi connectivity index (χ0) is 22.7. The van der Waals surface area contributed by atoms with E-state index in [-0.39, 0.29) is 5.91 Å². The van der Waals surface area contributed by atoms with Crippen molar-refractivity contribution < 1.29 is 14.3 Å². The predicted octanol–water partition coefficient (Wildman–Crippen LogP) is 6.18. The molecule has 5 heteroatoms. The van der Waals surface area contributed by atoms with E-state index in [1.807, 2.05) is 81.4 Å². The second-order valence-corrected chi connectivity index (χ2v) is 7.68. The van der Waals surface area contributed by atoms with Crippen molar-refractivity contribution in [1.82, 2.24) is 4.98 Å². The van der Waals surface area contributed by atoms with E-state index in [4.69, 9.17) is 14.5 Å². The van der Waals surface area contributed by atoms with Crippen molar-refractivity contribution in [3.63, 3.8) is 0 Å². The van der Waals surface area contributed by atoms with E-state index in [9.17, 15) is 4.79 Å². The van der Waals surface area contributed by atoms with Crippen LogP contribution in [0, 0.1) is 13.8 Å². The van der Waals surface area contributed by atoms with E-state index < -0.39 is 0 Å². The summed E-state index contributed by atoms with van der Waals surface area (Å²) in [7, 11) is 1.63. The summed E-state index contributed by atoms with van der Waals surface area (Å²) in [5.74, 6) is 1.33. The largest absolute Gasteiger partial charge is 0.497 e. The molecule has 3 aromatic carbocycles. The van der Waals surface area contributed by atoms with Crippen molar-refractivity contribution in [3.8, 4) is 22.8 Å². The standard InChI is InChI=1S/C27H26N2O3/c1-5-32-21-11-9-20(10-12-21)28-27(30)24-16-25(19-7-6-8-22(15-19)31-4)29-26-18(3)13-17(2)14-23(24)26/h6-16H,5H2,1-4H3,(H,28,30). The smallest absolute Gasteiger partial charge is 0.256 e. The second-order valence-electron chi connectivity index (χ2n) is 7.68. The van der Waals surface area contributed by atoms with E-state index in [1.165, 1.54) is 0 Å². The minimum Gasteiger partial charge on any atom is -0.497 e. The number of amides is 1. The van der Waals surface area contributed by atoms with Crippen molar-refractivity contribution in [1.29, 1.82) is 0 Å². The van der Waals surface area contributed by atoms with Crippen LogP contribution < -0.4 is 14.8 Å². The van der Waals surface area contributed by atoms with Gasteiger partial charge in [0.2, 0.25) is 0 Å². The van der Waals surface area contributed by atoms with Crippen LogP contribution in [0.4, 0.5) is 5.69 Å². The van der Waals surface area contributed by atoms with E-state index in [0.29, 0.717) is 17.9 Å². The molecule has 0 saturated carbocycles. The average Bonchev–Trinajstić information content (AvgIpc) is 2.80. The number of anilines is 1. The molecule has 0 unspecified atom stereocenters. The summed E-state index contributed by atoms with van der Waals surface area (Å²) >= 11 is 0. The van der Waals surface area contributed by atoms with Crippen molar-refractivity contribution in [2.24, 2.45) is 0 Å². The van der Waals surface area contributed by atoms with Crippen molar-refractivity contribution in [2.75, 3.05) is 19.0 Å². The van der Waals surface area contributed by atoms with Gasteiger partial charge in [-0.05, 0) is 74.9 Å². The van der Waals surface area contributed by atoms with Crippen LogP contribution in [0.5, 0.6) is 11.5 Å². The SMILES string of the molecule is CCOc1ccc(NC(=O)c2cc(-c3cccc(OC)c3)nc3c(C)cc(C)cc23)cc1. The molecule has 0 saturated heterocycles. The fraction of sp³-hybridized carbons (Fsp3) is 0.185. The molecule has 0 bridgehead atoms. The minimum atomic E-state index is -0.185. The number of carbonyl (C=O) groups is 1. The van der Waals surface area contributed by atoms with Gasteiger partial charge in [-0.25, -0.2) is 4.98 Å². The van der Waals surface area contributed by atoms with E-state index >= 15 is 0 Å². The average molecular weight is 427 g/mol. The van der Waals surface area contributed by atoms with Crippen LogP contribution in [0.15, 0.2) is 66.7 Å². The number of rotatable bonds is 6. The Hall–Kier alpha value is -3.86. The third-order valence-corrected chi connectivity index (χ3v) is 5.28. The van der Waals surface area contributed by atoms with Gasteiger partial charge in [-0.3, -0.25) is 4.79 Å². The predicted molar refractivity (Wildman–Crippen MR) is 129 cm³/mol. The third kappa shape index (κ3) is 4.42. The van der Waals surface area contributed by atoms with Gasteiger partial charge in [-0.15, -0.1) is 0 Å². The first-order chi connectivity index (χ1) is 15.5. The number of benzene rings is 3. The van der Waals surface area contributed by atoms with Gasteiger partial charge >= 0.3 is 0 Å². The fourth-order valence-corrected chi connectivity index (χ4v) is 3.80. The Labute approximate surface area is 188 Å². The number of hydrogen-bond acceptors (Lipinski definition) is 4. The molecule has 4 rings (SSSR count). The summed E-state index contributed by atoms with van der Waals surface area (Å²) in [6.07, 6.45) is 0. The lowest BCUT2D eigenvalue weighted by Crippen LogP contribution is -2.13. The molecule has 0 spiro atoms. The number of pyridine rings is 1. The Bertz CT molecular complexity index is 1280. The highest BCUT2D eigenvalue weighted by Crippen LogP contribution is 2.30. The van der Waals surface area contributed by atoms with Gasteiger partial charge in [0.25, 0.3) is 5.91 Å². The van der Waals surface area contributed by atoms with Crippen LogP contribution in [0.1, 0.15) is 28.4 Å². The van der Waals surface area contributed by atoms with Crippen LogP contribution in [0.2, 0.25) is 0 Å². The first-order valence-corrected chi connectivity index (χ1v) is 10.6. The Kier molecular flexibility index (Phi) is 6.08. The van der Waals surface area contributed by atoms with Gasteiger partial charge in [-0.2, -0.15) is 0 Å². The van der Waals surface area contributed by atoms with Crippen LogP contribution in [0.25, 0.3) is 22.2 Å². The van der Waals surface area contributed by atoms with Crippen molar-refractivity contribution in [2.45, 2.75) is 20.8 Å². The van der Waals surface area contributed by atoms with Crippen molar-refractivity contribution in [3.05, 3.63) is 83.4 Å². The molecule has 32 heavy (non-hydrogen) atoms. The number of ether oxygens (including phenoxy) is 2. The number of nitrogens with zero attached hydrogens (tertiary/aromatic N) is 1. The van der Waals surface area contributed by atoms with Gasteiger partial charge in [0.15, 0.2) is 0 Å². The maximum absolute atomic E-state index is 13.4. The number of fused-ring (bicyclic) bond motifs is 1. The van der Waals surface area contributed by atoms with Crippen LogP contribution >= 0.6 is 0 Å². The molecule has 1 aromatic heterocycles. The summed E-state index contributed by atoms with van der Waals surface area (Å²) < 4.78 is 10.9. The van der Waals surface area contributed by atoms with Gasteiger partial charge in [0.05, 0.1) is 30.5 Å². The van der Waals surface area contributed by atoms with Gasteiger partial charge < -0.3 is 14.8 Å². The van der Waals surface area contributed by atoms with Gasteiger partial charge in [-0.1, -0.05) is 23.8 Å². The van der Waals surface area contributed by atoms with Crippen molar-refractivity contribution >= 4 is 22.5 Å². The highest BCUT2D eigenvalue weighted by Gasteiger charge is 2.16. The zero-order valence-corrected chi connectivity index (χ0v) is 18.7. The summed E-state index contributed by atoms with van der Waals surface area (Å²) in [6.45, 7) is 6.58. The zero-order valence-electron chi connectivity index (χ0n) is 18.7. The third-order valence-electron chi connectivity index (χ3n) is 5.28. The monoisotopic (exact) mass is 426 g/mol. The lowest BCUT2D eigenvalue weighted by molar-refractivity contribution is 0.102. The van der Waals surface area contributed by atoms with Crippen LogP contribution in [-0.2, 0) is 0 Å². The number of methoxy groups -OCH3 is 1. The first kappa shape index (κ1) is 21.4. The molecule has 0 aliphatic heterocycles. The summed E-state index contributed by atoms with van der Waals surface area (Å²) in [5.41, 5.74) is 5.82. The minimum absolute atomic E-state index is 0.185. The summed E-state index contributed by atoms with van der Waals surface area (Å²) in [4.78, 5) is 18.3. The normalized spacial score (nSPS) is 10.8.